The first-order valence-corrected chi connectivity index (χ1v) is 10.3. The Morgan fingerprint density at radius 2 is 2.10 bits per heavy atom. The van der Waals surface area contributed by atoms with E-state index in [4.69, 9.17) is 9.47 Å². The van der Waals surface area contributed by atoms with Crippen LogP contribution < -0.4 is 15.0 Å². The van der Waals surface area contributed by atoms with Crippen molar-refractivity contribution in [3.05, 3.63) is 62.6 Å². The smallest absolute Gasteiger partial charge is 0.308 e. The van der Waals surface area contributed by atoms with Gasteiger partial charge in [-0.2, -0.15) is 9.78 Å². The SMILES string of the molecule is CCCCc1nc2ccc(Br)cc2c(=O)n1N=Cc1cccc(OC)c1OC(C)=O. The fraction of sp³-hybridized carbons (Fsp3) is 0.273. The summed E-state index contributed by atoms with van der Waals surface area (Å²) >= 11 is 3.40. The predicted molar refractivity (Wildman–Crippen MR) is 120 cm³/mol. The largest absolute Gasteiger partial charge is 0.493 e. The van der Waals surface area contributed by atoms with Crippen LogP contribution in [0.15, 0.2) is 50.8 Å². The molecule has 0 aliphatic carbocycles. The minimum Gasteiger partial charge on any atom is -0.493 e. The van der Waals surface area contributed by atoms with E-state index in [9.17, 15) is 9.59 Å². The van der Waals surface area contributed by atoms with Crippen molar-refractivity contribution in [3.63, 3.8) is 0 Å². The van der Waals surface area contributed by atoms with Gasteiger partial charge < -0.3 is 9.47 Å². The zero-order valence-corrected chi connectivity index (χ0v) is 18.6. The molecule has 0 aliphatic rings. The van der Waals surface area contributed by atoms with E-state index in [2.05, 4.69) is 32.9 Å². The number of methoxy groups -OCH3 is 1. The quantitative estimate of drug-likeness (QED) is 0.291. The Morgan fingerprint density at radius 1 is 1.30 bits per heavy atom. The van der Waals surface area contributed by atoms with Gasteiger partial charge in [0.15, 0.2) is 11.5 Å². The predicted octanol–water partition coefficient (Wildman–Crippen LogP) is 4.32. The molecule has 0 amide bonds. The summed E-state index contributed by atoms with van der Waals surface area (Å²) in [4.78, 5) is 29.3. The van der Waals surface area contributed by atoms with Crippen molar-refractivity contribution in [2.75, 3.05) is 7.11 Å². The first kappa shape index (κ1) is 21.7. The van der Waals surface area contributed by atoms with Gasteiger partial charge in [0.2, 0.25) is 0 Å². The molecule has 0 unspecified atom stereocenters. The zero-order chi connectivity index (χ0) is 21.7. The molecule has 8 heteroatoms. The molecule has 0 saturated carbocycles. The number of hydrogen-bond donors (Lipinski definition) is 0. The van der Waals surface area contributed by atoms with Crippen molar-refractivity contribution in [1.82, 2.24) is 9.66 Å². The minimum atomic E-state index is -0.479. The Bertz CT molecular complexity index is 1170. The summed E-state index contributed by atoms with van der Waals surface area (Å²) in [5.74, 6) is 0.737. The van der Waals surface area contributed by atoms with Gasteiger partial charge in [-0.1, -0.05) is 35.3 Å². The lowest BCUT2D eigenvalue weighted by Gasteiger charge is -2.11. The van der Waals surface area contributed by atoms with Gasteiger partial charge in [0.25, 0.3) is 5.56 Å². The third-order valence-electron chi connectivity index (χ3n) is 4.42. The van der Waals surface area contributed by atoms with Gasteiger partial charge in [-0.05, 0) is 36.8 Å². The molecule has 156 valence electrons. The highest BCUT2D eigenvalue weighted by Gasteiger charge is 2.14. The van der Waals surface area contributed by atoms with Gasteiger partial charge in [0.05, 0.1) is 24.2 Å². The van der Waals surface area contributed by atoms with Crippen molar-refractivity contribution in [3.8, 4) is 11.5 Å². The highest BCUT2D eigenvalue weighted by molar-refractivity contribution is 9.10. The highest BCUT2D eigenvalue weighted by Crippen LogP contribution is 2.30. The number of benzene rings is 2. The fourth-order valence-electron chi connectivity index (χ4n) is 2.98. The average molecular weight is 472 g/mol. The molecule has 0 aliphatic heterocycles. The molecule has 7 nitrogen and oxygen atoms in total. The fourth-order valence-corrected chi connectivity index (χ4v) is 3.34. The van der Waals surface area contributed by atoms with Crippen LogP contribution in [0, 0.1) is 0 Å². The molecule has 30 heavy (non-hydrogen) atoms. The molecule has 3 rings (SSSR count). The topological polar surface area (TPSA) is 82.8 Å². The zero-order valence-electron chi connectivity index (χ0n) is 17.0. The van der Waals surface area contributed by atoms with Crippen LogP contribution in [0.5, 0.6) is 11.5 Å². The lowest BCUT2D eigenvalue weighted by molar-refractivity contribution is -0.132. The number of ether oxygens (including phenoxy) is 2. The molecular formula is C22H22BrN3O4. The summed E-state index contributed by atoms with van der Waals surface area (Å²) in [6, 6.07) is 10.6. The summed E-state index contributed by atoms with van der Waals surface area (Å²) in [6.07, 6.45) is 3.93. The van der Waals surface area contributed by atoms with E-state index in [1.165, 1.54) is 24.9 Å². The van der Waals surface area contributed by atoms with E-state index in [0.717, 1.165) is 17.3 Å². The Morgan fingerprint density at radius 3 is 2.80 bits per heavy atom. The van der Waals surface area contributed by atoms with Crippen LogP contribution >= 0.6 is 15.9 Å². The number of aromatic nitrogens is 2. The van der Waals surface area contributed by atoms with Crippen molar-refractivity contribution < 1.29 is 14.3 Å². The molecule has 0 spiro atoms. The van der Waals surface area contributed by atoms with E-state index in [1.54, 1.807) is 24.3 Å². The molecule has 1 heterocycles. The van der Waals surface area contributed by atoms with E-state index in [1.807, 2.05) is 12.1 Å². The number of unbranched alkanes of at least 4 members (excludes halogenated alkanes) is 1. The number of para-hydroxylation sites is 1. The van der Waals surface area contributed by atoms with Crippen molar-refractivity contribution in [2.45, 2.75) is 33.1 Å². The van der Waals surface area contributed by atoms with Gasteiger partial charge in [0.1, 0.15) is 5.82 Å². The average Bonchev–Trinajstić information content (AvgIpc) is 2.72. The molecule has 0 saturated heterocycles. The van der Waals surface area contributed by atoms with Crippen LogP contribution in [0.2, 0.25) is 0 Å². The van der Waals surface area contributed by atoms with E-state index in [0.29, 0.717) is 34.5 Å². The maximum atomic E-state index is 13.2. The molecule has 0 N–H and O–H groups in total. The molecular weight excluding hydrogens is 450 g/mol. The van der Waals surface area contributed by atoms with Gasteiger partial charge in [-0.15, -0.1) is 0 Å². The third kappa shape index (κ3) is 4.76. The third-order valence-corrected chi connectivity index (χ3v) is 4.91. The molecule has 3 aromatic rings. The van der Waals surface area contributed by atoms with Crippen molar-refractivity contribution in [1.29, 1.82) is 0 Å². The molecule has 0 bridgehead atoms. The van der Waals surface area contributed by atoms with Gasteiger partial charge >= 0.3 is 5.97 Å². The summed E-state index contributed by atoms with van der Waals surface area (Å²) < 4.78 is 12.7. The van der Waals surface area contributed by atoms with Crippen LogP contribution in [-0.4, -0.2) is 29.0 Å². The Balaban J connectivity index is 2.15. The Hall–Kier alpha value is -3.00. The summed E-state index contributed by atoms with van der Waals surface area (Å²) in [6.45, 7) is 3.39. The second-order valence-corrected chi connectivity index (χ2v) is 7.54. The molecule has 0 radical (unpaired) electrons. The first-order valence-electron chi connectivity index (χ1n) is 9.55. The van der Waals surface area contributed by atoms with Crippen molar-refractivity contribution >= 4 is 39.0 Å². The number of nitrogens with zero attached hydrogens (tertiary/aromatic N) is 3. The molecule has 0 atom stereocenters. The summed E-state index contributed by atoms with van der Waals surface area (Å²) in [7, 11) is 1.49. The van der Waals surface area contributed by atoms with Crippen LogP contribution in [-0.2, 0) is 11.2 Å². The van der Waals surface area contributed by atoms with E-state index < -0.39 is 5.97 Å². The van der Waals surface area contributed by atoms with Crippen LogP contribution in [0.3, 0.4) is 0 Å². The maximum absolute atomic E-state index is 13.2. The molecule has 2 aromatic carbocycles. The number of halogens is 1. The second kappa shape index (κ2) is 9.67. The Labute approximate surface area is 182 Å². The maximum Gasteiger partial charge on any atom is 0.308 e. The van der Waals surface area contributed by atoms with Gasteiger partial charge in [0, 0.05) is 23.4 Å². The summed E-state index contributed by atoms with van der Waals surface area (Å²) in [5, 5.41) is 4.87. The van der Waals surface area contributed by atoms with E-state index >= 15 is 0 Å². The normalized spacial score (nSPS) is 11.2. The molecule has 1 aromatic heterocycles. The number of aryl methyl sites for hydroxylation is 1. The van der Waals surface area contributed by atoms with E-state index in [-0.39, 0.29) is 11.3 Å². The Kier molecular flexibility index (Phi) is 6.99. The lowest BCUT2D eigenvalue weighted by atomic mass is 10.2. The second-order valence-electron chi connectivity index (χ2n) is 6.63. The number of esters is 1. The van der Waals surface area contributed by atoms with Crippen LogP contribution in [0.25, 0.3) is 10.9 Å². The van der Waals surface area contributed by atoms with Gasteiger partial charge in [-0.3, -0.25) is 9.59 Å². The van der Waals surface area contributed by atoms with Crippen LogP contribution in [0.1, 0.15) is 38.1 Å². The minimum absolute atomic E-state index is 0.246. The number of carbonyl (C=O) groups is 1. The first-order chi connectivity index (χ1) is 14.4. The van der Waals surface area contributed by atoms with Crippen molar-refractivity contribution in [2.24, 2.45) is 5.10 Å². The number of carbonyl (C=O) groups excluding carboxylic acids is 1. The molecule has 0 fully saturated rings. The monoisotopic (exact) mass is 471 g/mol. The number of hydrogen-bond acceptors (Lipinski definition) is 6. The number of fused-ring (bicyclic) bond motifs is 1. The standard InChI is InChI=1S/C22H22BrN3O4/c1-4-5-9-20-25-18-11-10-16(23)12-17(18)22(28)26(20)24-13-15-7-6-8-19(29-3)21(15)30-14(2)27/h6-8,10-13H,4-5,9H2,1-3H3. The highest BCUT2D eigenvalue weighted by atomic mass is 79.9. The van der Waals surface area contributed by atoms with Crippen LogP contribution in [0.4, 0.5) is 0 Å². The lowest BCUT2D eigenvalue weighted by Crippen LogP contribution is -2.22. The van der Waals surface area contributed by atoms with Gasteiger partial charge in [-0.25, -0.2) is 4.98 Å². The number of rotatable bonds is 7. The summed E-state index contributed by atoms with van der Waals surface area (Å²) in [5.41, 5.74) is 0.871.